The average Bonchev–Trinajstić information content (AvgIpc) is 2.24. The van der Waals surface area contributed by atoms with Crippen LogP contribution in [0.25, 0.3) is 0 Å². The number of aliphatic hydroxyl groups is 1. The summed E-state index contributed by atoms with van der Waals surface area (Å²) in [6.07, 6.45) is 2.24. The number of halogens is 1. The van der Waals surface area contributed by atoms with Crippen LogP contribution >= 0.6 is 0 Å². The maximum Gasteiger partial charge on any atom is 0.123 e. The Bertz CT molecular complexity index is 339. The van der Waals surface area contributed by atoms with Crippen LogP contribution in [0.15, 0.2) is 24.3 Å². The molecule has 1 unspecified atom stereocenters. The summed E-state index contributed by atoms with van der Waals surface area (Å²) in [5, 5.41) is 13.4. The van der Waals surface area contributed by atoms with E-state index in [0.29, 0.717) is 12.8 Å². The van der Waals surface area contributed by atoms with Crippen molar-refractivity contribution in [2.75, 3.05) is 13.1 Å². The van der Waals surface area contributed by atoms with Gasteiger partial charge < -0.3 is 10.4 Å². The van der Waals surface area contributed by atoms with Crippen molar-refractivity contribution in [3.8, 4) is 0 Å². The Hall–Kier alpha value is -0.930. The third-order valence-electron chi connectivity index (χ3n) is 2.74. The lowest BCUT2D eigenvalue weighted by atomic mass is 9.93. The van der Waals surface area contributed by atoms with Crippen molar-refractivity contribution in [1.82, 2.24) is 5.32 Å². The van der Waals surface area contributed by atoms with E-state index in [9.17, 15) is 9.50 Å². The normalized spacial score (nSPS) is 14.6. The molecule has 0 saturated carbocycles. The molecule has 1 rings (SSSR count). The van der Waals surface area contributed by atoms with Gasteiger partial charge in [-0.3, -0.25) is 0 Å². The zero-order valence-corrected chi connectivity index (χ0v) is 10.7. The summed E-state index contributed by atoms with van der Waals surface area (Å²) in [6, 6.07) is 6.42. The molecule has 0 bridgehead atoms. The van der Waals surface area contributed by atoms with E-state index >= 15 is 0 Å². The van der Waals surface area contributed by atoms with E-state index in [4.69, 9.17) is 0 Å². The largest absolute Gasteiger partial charge is 0.390 e. The van der Waals surface area contributed by atoms with Crippen LogP contribution in [0.2, 0.25) is 0 Å². The highest BCUT2D eigenvalue weighted by Gasteiger charge is 2.20. The Morgan fingerprint density at radius 2 is 2.12 bits per heavy atom. The highest BCUT2D eigenvalue weighted by molar-refractivity contribution is 5.18. The summed E-state index contributed by atoms with van der Waals surface area (Å²) in [4.78, 5) is 0. The van der Waals surface area contributed by atoms with E-state index in [2.05, 4.69) is 12.2 Å². The van der Waals surface area contributed by atoms with Gasteiger partial charge in [0.25, 0.3) is 0 Å². The Morgan fingerprint density at radius 1 is 1.35 bits per heavy atom. The van der Waals surface area contributed by atoms with Gasteiger partial charge in [0.15, 0.2) is 0 Å². The highest BCUT2D eigenvalue weighted by atomic mass is 19.1. The minimum atomic E-state index is -0.783. The molecular weight excluding hydrogens is 217 g/mol. The van der Waals surface area contributed by atoms with Crippen molar-refractivity contribution in [1.29, 1.82) is 0 Å². The molecule has 0 fully saturated rings. The molecule has 96 valence electrons. The van der Waals surface area contributed by atoms with Gasteiger partial charge in [-0.2, -0.15) is 0 Å². The van der Waals surface area contributed by atoms with Crippen LogP contribution in [0.3, 0.4) is 0 Å². The summed E-state index contributed by atoms with van der Waals surface area (Å²) in [5.74, 6) is -0.248. The molecule has 0 aliphatic carbocycles. The molecule has 0 radical (unpaired) electrons. The molecule has 0 amide bonds. The van der Waals surface area contributed by atoms with Gasteiger partial charge in [0.2, 0.25) is 0 Å². The van der Waals surface area contributed by atoms with Gasteiger partial charge in [0, 0.05) is 6.42 Å². The van der Waals surface area contributed by atoms with Gasteiger partial charge in [0.05, 0.1) is 5.60 Å². The van der Waals surface area contributed by atoms with Gasteiger partial charge in [-0.1, -0.05) is 19.1 Å². The van der Waals surface area contributed by atoms with E-state index in [1.807, 2.05) is 6.07 Å². The number of nitrogens with one attached hydrogen (secondary N) is 1. The third-order valence-corrected chi connectivity index (χ3v) is 2.74. The molecule has 0 spiro atoms. The molecule has 1 aromatic rings. The summed E-state index contributed by atoms with van der Waals surface area (Å²) in [7, 11) is 0. The van der Waals surface area contributed by atoms with Gasteiger partial charge in [-0.25, -0.2) is 4.39 Å². The maximum atomic E-state index is 13.0. The first kappa shape index (κ1) is 14.1. The fraction of sp³-hybridized carbons (Fsp3) is 0.571. The minimum absolute atomic E-state index is 0.248. The summed E-state index contributed by atoms with van der Waals surface area (Å²) < 4.78 is 13.0. The lowest BCUT2D eigenvalue weighted by Crippen LogP contribution is -2.32. The molecular formula is C14H22FNO. The van der Waals surface area contributed by atoms with Crippen molar-refractivity contribution >= 4 is 0 Å². The second-order valence-corrected chi connectivity index (χ2v) is 4.80. The van der Waals surface area contributed by atoms with Crippen LogP contribution < -0.4 is 5.32 Å². The molecule has 1 aromatic carbocycles. The minimum Gasteiger partial charge on any atom is -0.390 e. The standard InChI is InChI=1S/C14H22FNO/c1-3-8-16-9-7-14(2,17)11-12-5-4-6-13(15)10-12/h4-6,10,16-17H,3,7-9,11H2,1-2H3. The first-order valence-electron chi connectivity index (χ1n) is 6.21. The van der Waals surface area contributed by atoms with Crippen molar-refractivity contribution < 1.29 is 9.50 Å². The number of hydrogen-bond acceptors (Lipinski definition) is 2. The fourth-order valence-corrected chi connectivity index (χ4v) is 1.83. The molecule has 0 aliphatic rings. The molecule has 3 heteroatoms. The van der Waals surface area contributed by atoms with Crippen LogP contribution in [-0.2, 0) is 6.42 Å². The number of benzene rings is 1. The average molecular weight is 239 g/mol. The van der Waals surface area contributed by atoms with Crippen LogP contribution in [0.4, 0.5) is 4.39 Å². The topological polar surface area (TPSA) is 32.3 Å². The fourth-order valence-electron chi connectivity index (χ4n) is 1.83. The Kier molecular flexibility index (Phi) is 5.59. The number of rotatable bonds is 7. The van der Waals surface area contributed by atoms with Gasteiger partial charge >= 0.3 is 0 Å². The van der Waals surface area contributed by atoms with Crippen molar-refractivity contribution in [3.05, 3.63) is 35.6 Å². The Balaban J connectivity index is 2.42. The number of hydrogen-bond donors (Lipinski definition) is 2. The summed E-state index contributed by atoms with van der Waals surface area (Å²) in [6.45, 7) is 5.66. The van der Waals surface area contributed by atoms with Crippen LogP contribution in [0, 0.1) is 5.82 Å². The monoisotopic (exact) mass is 239 g/mol. The summed E-state index contributed by atoms with van der Waals surface area (Å²) >= 11 is 0. The predicted octanol–water partition coefficient (Wildman–Crippen LogP) is 2.51. The molecule has 2 N–H and O–H groups in total. The molecule has 0 saturated heterocycles. The molecule has 1 atom stereocenters. The van der Waals surface area contributed by atoms with Crippen molar-refractivity contribution in [2.45, 2.75) is 38.7 Å². The molecule has 0 heterocycles. The zero-order chi connectivity index (χ0) is 12.7. The first-order chi connectivity index (χ1) is 8.03. The third kappa shape index (κ3) is 5.80. The van der Waals surface area contributed by atoms with E-state index in [-0.39, 0.29) is 5.82 Å². The van der Waals surface area contributed by atoms with Gasteiger partial charge in [0.1, 0.15) is 5.82 Å². The smallest absolute Gasteiger partial charge is 0.123 e. The SMILES string of the molecule is CCCNCCC(C)(O)Cc1cccc(F)c1. The van der Waals surface area contributed by atoms with Gasteiger partial charge in [-0.15, -0.1) is 0 Å². The predicted molar refractivity (Wildman–Crippen MR) is 68.5 cm³/mol. The van der Waals surface area contributed by atoms with E-state index < -0.39 is 5.60 Å². The first-order valence-corrected chi connectivity index (χ1v) is 6.21. The zero-order valence-electron chi connectivity index (χ0n) is 10.7. The van der Waals surface area contributed by atoms with Crippen molar-refractivity contribution in [2.24, 2.45) is 0 Å². The second kappa shape index (κ2) is 6.72. The second-order valence-electron chi connectivity index (χ2n) is 4.80. The Labute approximate surface area is 103 Å². The lowest BCUT2D eigenvalue weighted by Gasteiger charge is -2.23. The van der Waals surface area contributed by atoms with Crippen LogP contribution in [0.1, 0.15) is 32.3 Å². The van der Waals surface area contributed by atoms with Gasteiger partial charge in [-0.05, 0) is 50.6 Å². The van der Waals surface area contributed by atoms with E-state index in [1.165, 1.54) is 12.1 Å². The highest BCUT2D eigenvalue weighted by Crippen LogP contribution is 2.17. The van der Waals surface area contributed by atoms with Crippen molar-refractivity contribution in [3.63, 3.8) is 0 Å². The van der Waals surface area contributed by atoms with E-state index in [0.717, 1.165) is 25.1 Å². The molecule has 2 nitrogen and oxygen atoms in total. The molecule has 0 aliphatic heterocycles. The van der Waals surface area contributed by atoms with Crippen LogP contribution in [0.5, 0.6) is 0 Å². The quantitative estimate of drug-likeness (QED) is 0.717. The summed E-state index contributed by atoms with van der Waals surface area (Å²) in [5.41, 5.74) is 0.0552. The van der Waals surface area contributed by atoms with Crippen LogP contribution in [-0.4, -0.2) is 23.8 Å². The van der Waals surface area contributed by atoms with E-state index in [1.54, 1.807) is 13.0 Å². The molecule has 17 heavy (non-hydrogen) atoms. The Morgan fingerprint density at radius 3 is 2.76 bits per heavy atom. The molecule has 0 aromatic heterocycles. The lowest BCUT2D eigenvalue weighted by molar-refractivity contribution is 0.0515. The maximum absolute atomic E-state index is 13.0.